The Labute approximate surface area is 112 Å². The molecule has 0 unspecified atom stereocenters. The number of hydrogen-bond acceptors (Lipinski definition) is 3. The van der Waals surface area contributed by atoms with Crippen LogP contribution in [0.2, 0.25) is 0 Å². The second kappa shape index (κ2) is 5.19. The number of nitrogens with zero attached hydrogens (tertiary/aromatic N) is 1. The van der Waals surface area contributed by atoms with Gasteiger partial charge in [0.05, 0.1) is 0 Å². The van der Waals surface area contributed by atoms with E-state index in [1.54, 1.807) is 4.90 Å². The molecule has 2 rings (SSSR count). The Morgan fingerprint density at radius 1 is 1.26 bits per heavy atom. The van der Waals surface area contributed by atoms with Crippen molar-refractivity contribution in [2.45, 2.75) is 32.6 Å². The van der Waals surface area contributed by atoms with Crippen LogP contribution in [0.3, 0.4) is 0 Å². The number of carbonyl (C=O) groups excluding carboxylic acids is 2. The lowest BCUT2D eigenvalue weighted by Gasteiger charge is -2.33. The monoisotopic (exact) mass is 268 g/mol. The molecule has 1 heterocycles. The number of carbonyl (C=O) groups is 3. The number of carboxylic acid groups (broad SMARTS) is 1. The Kier molecular flexibility index (Phi) is 3.78. The quantitative estimate of drug-likeness (QED) is 0.714. The number of nitrogens with one attached hydrogen (secondary N) is 1. The number of carboxylic acids is 1. The van der Waals surface area contributed by atoms with Crippen LogP contribution in [0.5, 0.6) is 0 Å². The summed E-state index contributed by atoms with van der Waals surface area (Å²) in [5.74, 6) is -0.870. The maximum Gasteiger partial charge on any atom is 0.319 e. The van der Waals surface area contributed by atoms with Crippen molar-refractivity contribution in [1.82, 2.24) is 10.2 Å². The molecule has 0 spiro atoms. The molecule has 0 bridgehead atoms. The molecule has 0 aromatic carbocycles. The Hall–Kier alpha value is -1.59. The molecule has 0 aromatic rings. The van der Waals surface area contributed by atoms with Crippen LogP contribution in [-0.2, 0) is 14.4 Å². The molecule has 2 N–H and O–H groups in total. The van der Waals surface area contributed by atoms with E-state index in [1.807, 2.05) is 0 Å². The minimum absolute atomic E-state index is 0.0404. The van der Waals surface area contributed by atoms with Crippen LogP contribution in [0.1, 0.15) is 32.6 Å². The van der Waals surface area contributed by atoms with Gasteiger partial charge in [-0.15, -0.1) is 0 Å². The van der Waals surface area contributed by atoms with Crippen LogP contribution < -0.4 is 5.32 Å². The molecule has 1 saturated carbocycles. The van der Waals surface area contributed by atoms with Gasteiger partial charge in [-0.25, -0.2) is 0 Å². The van der Waals surface area contributed by atoms with E-state index in [-0.39, 0.29) is 11.8 Å². The van der Waals surface area contributed by atoms with Gasteiger partial charge < -0.3 is 15.3 Å². The SMILES string of the molecule is CC(=O)NCC1CCN(C(=O)C2(C(=O)O)CC2)CC1. The van der Waals surface area contributed by atoms with Crippen molar-refractivity contribution in [3.63, 3.8) is 0 Å². The zero-order valence-electron chi connectivity index (χ0n) is 11.1. The zero-order valence-corrected chi connectivity index (χ0v) is 11.1. The van der Waals surface area contributed by atoms with Crippen LogP contribution >= 0.6 is 0 Å². The fourth-order valence-corrected chi connectivity index (χ4v) is 2.58. The van der Waals surface area contributed by atoms with E-state index in [9.17, 15) is 14.4 Å². The zero-order chi connectivity index (χ0) is 14.0. The van der Waals surface area contributed by atoms with Gasteiger partial charge in [-0.1, -0.05) is 0 Å². The van der Waals surface area contributed by atoms with E-state index in [0.29, 0.717) is 38.4 Å². The van der Waals surface area contributed by atoms with Crippen molar-refractivity contribution in [2.24, 2.45) is 11.3 Å². The van der Waals surface area contributed by atoms with Crippen LogP contribution in [0, 0.1) is 11.3 Å². The molecule has 1 saturated heterocycles. The van der Waals surface area contributed by atoms with E-state index < -0.39 is 11.4 Å². The first kappa shape index (κ1) is 13.8. The molecule has 0 atom stereocenters. The van der Waals surface area contributed by atoms with Gasteiger partial charge in [0.25, 0.3) is 0 Å². The van der Waals surface area contributed by atoms with Gasteiger partial charge >= 0.3 is 5.97 Å². The molecule has 2 fully saturated rings. The second-order valence-electron chi connectivity index (χ2n) is 5.56. The van der Waals surface area contributed by atoms with Crippen molar-refractivity contribution in [3.8, 4) is 0 Å². The Balaban J connectivity index is 1.82. The highest BCUT2D eigenvalue weighted by Crippen LogP contribution is 2.47. The number of likely N-dealkylation sites (tertiary alicyclic amines) is 1. The first-order valence-corrected chi connectivity index (χ1v) is 6.73. The first-order chi connectivity index (χ1) is 8.95. The molecular formula is C13H20N2O4. The summed E-state index contributed by atoms with van der Waals surface area (Å²) >= 11 is 0. The largest absolute Gasteiger partial charge is 0.480 e. The summed E-state index contributed by atoms with van der Waals surface area (Å²) in [5.41, 5.74) is -1.12. The molecule has 0 radical (unpaired) electrons. The maximum absolute atomic E-state index is 12.2. The number of rotatable bonds is 4. The van der Waals surface area contributed by atoms with Gasteiger partial charge in [0, 0.05) is 26.6 Å². The first-order valence-electron chi connectivity index (χ1n) is 6.73. The summed E-state index contributed by atoms with van der Waals surface area (Å²) in [6.07, 6.45) is 2.57. The smallest absolute Gasteiger partial charge is 0.319 e. The third-order valence-corrected chi connectivity index (χ3v) is 4.11. The van der Waals surface area contributed by atoms with Crippen LogP contribution in [0.25, 0.3) is 0 Å². The molecule has 106 valence electrons. The van der Waals surface area contributed by atoms with Gasteiger partial charge in [0.1, 0.15) is 5.41 Å². The summed E-state index contributed by atoms with van der Waals surface area (Å²) in [4.78, 5) is 35.8. The van der Waals surface area contributed by atoms with Gasteiger partial charge in [-0.3, -0.25) is 14.4 Å². The lowest BCUT2D eigenvalue weighted by atomic mass is 9.95. The van der Waals surface area contributed by atoms with Gasteiger partial charge in [0.2, 0.25) is 11.8 Å². The predicted molar refractivity (Wildman–Crippen MR) is 67.3 cm³/mol. The normalized spacial score (nSPS) is 21.8. The summed E-state index contributed by atoms with van der Waals surface area (Å²) in [6, 6.07) is 0. The van der Waals surface area contributed by atoms with Gasteiger partial charge in [-0.05, 0) is 31.6 Å². The van der Waals surface area contributed by atoms with Crippen molar-refractivity contribution in [3.05, 3.63) is 0 Å². The molecule has 2 amide bonds. The molecule has 6 heteroatoms. The number of hydrogen-bond donors (Lipinski definition) is 2. The van der Waals surface area contributed by atoms with Crippen LogP contribution in [0.15, 0.2) is 0 Å². The van der Waals surface area contributed by atoms with E-state index in [2.05, 4.69) is 5.32 Å². The minimum atomic E-state index is -1.12. The molecule has 0 aromatic heterocycles. The topological polar surface area (TPSA) is 86.7 Å². The molecule has 2 aliphatic rings. The fraction of sp³-hybridized carbons (Fsp3) is 0.769. The lowest BCUT2D eigenvalue weighted by Crippen LogP contribution is -2.46. The average molecular weight is 268 g/mol. The highest BCUT2D eigenvalue weighted by atomic mass is 16.4. The maximum atomic E-state index is 12.2. The standard InChI is InChI=1S/C13H20N2O4/c1-9(16)14-8-10-2-6-15(7-3-10)11(17)13(4-5-13)12(18)19/h10H,2-8H2,1H3,(H,14,16)(H,18,19). The van der Waals surface area contributed by atoms with Crippen molar-refractivity contribution >= 4 is 17.8 Å². The number of amides is 2. The molecule has 19 heavy (non-hydrogen) atoms. The second-order valence-corrected chi connectivity index (χ2v) is 5.56. The Morgan fingerprint density at radius 2 is 1.84 bits per heavy atom. The van der Waals surface area contributed by atoms with E-state index in [1.165, 1.54) is 6.92 Å². The minimum Gasteiger partial charge on any atom is -0.480 e. The summed E-state index contributed by atoms with van der Waals surface area (Å²) < 4.78 is 0. The summed E-state index contributed by atoms with van der Waals surface area (Å²) in [6.45, 7) is 3.32. The molecule has 1 aliphatic heterocycles. The van der Waals surface area contributed by atoms with Gasteiger partial charge in [-0.2, -0.15) is 0 Å². The number of piperidine rings is 1. The van der Waals surface area contributed by atoms with E-state index in [0.717, 1.165) is 12.8 Å². The number of aliphatic carboxylic acids is 1. The van der Waals surface area contributed by atoms with Crippen molar-refractivity contribution < 1.29 is 19.5 Å². The third kappa shape index (κ3) is 2.88. The Bertz CT molecular complexity index is 395. The highest BCUT2D eigenvalue weighted by molar-refractivity contribution is 6.04. The van der Waals surface area contributed by atoms with Gasteiger partial charge in [0.15, 0.2) is 0 Å². The average Bonchev–Trinajstić information content (AvgIpc) is 3.17. The third-order valence-electron chi connectivity index (χ3n) is 4.11. The van der Waals surface area contributed by atoms with E-state index in [4.69, 9.17) is 5.11 Å². The molecule has 6 nitrogen and oxygen atoms in total. The summed E-state index contributed by atoms with van der Waals surface area (Å²) in [5, 5.41) is 11.9. The fourth-order valence-electron chi connectivity index (χ4n) is 2.58. The van der Waals surface area contributed by atoms with E-state index >= 15 is 0 Å². The van der Waals surface area contributed by atoms with Crippen molar-refractivity contribution in [1.29, 1.82) is 0 Å². The lowest BCUT2D eigenvalue weighted by molar-refractivity contribution is -0.154. The van der Waals surface area contributed by atoms with Crippen molar-refractivity contribution in [2.75, 3.05) is 19.6 Å². The highest BCUT2D eigenvalue weighted by Gasteiger charge is 2.58. The molecule has 1 aliphatic carbocycles. The van der Waals surface area contributed by atoms with Crippen LogP contribution in [-0.4, -0.2) is 47.4 Å². The Morgan fingerprint density at radius 3 is 2.26 bits per heavy atom. The summed E-state index contributed by atoms with van der Waals surface area (Å²) in [7, 11) is 0. The predicted octanol–water partition coefficient (Wildman–Crippen LogP) is 0.226. The molecular weight excluding hydrogens is 248 g/mol. The van der Waals surface area contributed by atoms with Crippen LogP contribution in [0.4, 0.5) is 0 Å².